The Bertz CT molecular complexity index is 2760. The van der Waals surface area contributed by atoms with Crippen LogP contribution in [0.25, 0.3) is 10.8 Å². The van der Waals surface area contributed by atoms with Crippen LogP contribution < -0.4 is 31.9 Å². The molecule has 0 aliphatic rings. The lowest BCUT2D eigenvalue weighted by Crippen LogP contribution is -2.51. The molecule has 0 bridgehead atoms. The van der Waals surface area contributed by atoms with Crippen LogP contribution in [0.3, 0.4) is 0 Å². The van der Waals surface area contributed by atoms with E-state index in [4.69, 9.17) is 5.11 Å². The molecule has 0 saturated carbocycles. The lowest BCUT2D eigenvalue weighted by atomic mass is 9.91. The molecule has 1 heterocycles. The third-order valence-corrected chi connectivity index (χ3v) is 12.8. The molecule has 1 aromatic heterocycles. The number of aryl methyl sites for hydroxylation is 1. The van der Waals surface area contributed by atoms with Crippen LogP contribution in [-0.4, -0.2) is 133 Å². The van der Waals surface area contributed by atoms with Crippen LogP contribution in [0.4, 0.5) is 4.79 Å². The normalized spacial score (nSPS) is 12.6. The molecule has 4 rings (SSSR count). The lowest BCUT2D eigenvalue weighted by molar-refractivity contribution is -0.141. The molecule has 11 N–H and O–H groups in total. The summed E-state index contributed by atoms with van der Waals surface area (Å²) < 4.78 is 0. The molecule has 0 fully saturated rings. The highest BCUT2D eigenvalue weighted by Crippen LogP contribution is 2.19. The predicted molar refractivity (Wildman–Crippen MR) is 287 cm³/mol. The molecule has 78 heavy (non-hydrogen) atoms. The van der Waals surface area contributed by atoms with Gasteiger partial charge in [0, 0.05) is 68.6 Å². The number of nitrogens with one attached hydrogen (secondary N) is 6. The molecule has 0 radical (unpaired) electrons. The van der Waals surface area contributed by atoms with E-state index in [-0.39, 0.29) is 62.7 Å². The molecule has 0 aliphatic heterocycles. The number of unbranched alkanes of at least 4 members (excludes halogenated alkanes) is 1. The molecule has 23 nitrogen and oxygen atoms in total. The number of aliphatic carboxylic acids is 5. The summed E-state index contributed by atoms with van der Waals surface area (Å²) in [6.45, 7) is 3.70. The van der Waals surface area contributed by atoms with Crippen LogP contribution in [-0.2, 0) is 63.1 Å². The van der Waals surface area contributed by atoms with E-state index < -0.39 is 127 Å². The monoisotopic (exact) mass is 1120 g/mol. The van der Waals surface area contributed by atoms with Crippen molar-refractivity contribution in [2.75, 3.05) is 12.7 Å². The van der Waals surface area contributed by atoms with Gasteiger partial charge >= 0.3 is 35.9 Å². The second kappa shape index (κ2) is 33.7. The number of amides is 6. The molecule has 5 atom stereocenters. The maximum atomic E-state index is 13.7. The van der Waals surface area contributed by atoms with Gasteiger partial charge in [-0.3, -0.25) is 43.3 Å². The maximum Gasteiger partial charge on any atom is 0.326 e. The number of hydrogen-bond donors (Lipinski definition) is 11. The quantitative estimate of drug-likeness (QED) is 0.0239. The van der Waals surface area contributed by atoms with Gasteiger partial charge < -0.3 is 57.4 Å². The van der Waals surface area contributed by atoms with Crippen LogP contribution in [0.2, 0.25) is 0 Å². The highest BCUT2D eigenvalue weighted by Gasteiger charge is 2.30. The Morgan fingerprint density at radius 1 is 0.577 bits per heavy atom. The topological polar surface area (TPSA) is 374 Å². The van der Waals surface area contributed by atoms with Crippen LogP contribution >= 0.6 is 7.36 Å². The third kappa shape index (κ3) is 23.8. The number of pyridine rings is 1. The Kier molecular flexibility index (Phi) is 27.7. The molecule has 4 aromatic rings. The van der Waals surface area contributed by atoms with E-state index in [1.165, 1.54) is 36.5 Å². The number of nitrogens with zero attached hydrogens (tertiary/aromatic N) is 1. The van der Waals surface area contributed by atoms with Crippen molar-refractivity contribution in [3.63, 3.8) is 0 Å². The van der Waals surface area contributed by atoms with Crippen molar-refractivity contribution in [1.29, 1.82) is 0 Å². The fraction of sp³-hybridized carbons (Fsp3) is 0.396. The molecule has 25 heteroatoms. The zero-order chi connectivity index (χ0) is 57.7. The summed E-state index contributed by atoms with van der Waals surface area (Å²) >= 11 is 4.53. The van der Waals surface area contributed by atoms with E-state index in [1.54, 1.807) is 13.0 Å². The number of carboxylic acid groups (broad SMARTS) is 5. The Morgan fingerprint density at radius 2 is 1.12 bits per heavy atom. The van der Waals surface area contributed by atoms with Gasteiger partial charge in [0.1, 0.15) is 18.1 Å². The summed E-state index contributed by atoms with van der Waals surface area (Å²) in [6.07, 6.45) is -0.210. The van der Waals surface area contributed by atoms with Gasteiger partial charge in [-0.1, -0.05) is 73.3 Å². The lowest BCUT2D eigenvalue weighted by Gasteiger charge is -2.21. The number of rotatable bonds is 32. The standard InChI is InChI=1S/C51H59N7O16.C2H5PS/c1-29-9-13-36(28-53-29)47(68)55-37(18-21-43(62)63)41(59)26-35(17-20-42(60)61)45(66)54-27-30-10-15-33(16-11-30)46(67)56-40(25-31-12-14-32-6-2-3-7-34(32)24-31)48(69)52-23-5-4-8-38(49(70)71)57-51(74)58-39(50(72)73)19-22-44(64)65;1-2-3-4/h2-3,6-7,9-16,24,28,35,37-40H,4-5,8,17-23,25-27H2,1H3,(H,52,69)(H,54,66)(H,55,68)(H,56,67)(H,60,61)(H,62,63)(H,64,65)(H,70,71)(H,72,73)(H2,57,58,74);2H2,1H3/t35-,37+,38+,39+,40?;/m1./s1. The molecule has 418 valence electrons. The predicted octanol–water partition coefficient (Wildman–Crippen LogP) is 4.38. The fourth-order valence-corrected chi connectivity index (χ4v) is 7.54. The smallest absolute Gasteiger partial charge is 0.326 e. The molecular weight excluding hydrogens is 1050 g/mol. The van der Waals surface area contributed by atoms with Gasteiger partial charge in [0.2, 0.25) is 11.8 Å². The largest absolute Gasteiger partial charge is 0.481 e. The molecular formula is C53H64N7O16PS. The van der Waals surface area contributed by atoms with Gasteiger partial charge in [0.25, 0.3) is 11.8 Å². The van der Waals surface area contributed by atoms with E-state index >= 15 is 0 Å². The molecule has 6 amide bonds. The first kappa shape index (κ1) is 64.0. The van der Waals surface area contributed by atoms with Crippen molar-refractivity contribution >= 4 is 95.2 Å². The number of urea groups is 1. The third-order valence-electron chi connectivity index (χ3n) is 11.8. The van der Waals surface area contributed by atoms with Gasteiger partial charge in [-0.05, 0) is 105 Å². The number of benzene rings is 3. The Balaban J connectivity index is 0.00000386. The van der Waals surface area contributed by atoms with Gasteiger partial charge in [0.15, 0.2) is 5.78 Å². The van der Waals surface area contributed by atoms with Crippen LogP contribution in [0.5, 0.6) is 0 Å². The second-order valence-corrected chi connectivity index (χ2v) is 19.5. The molecule has 0 aliphatic carbocycles. The van der Waals surface area contributed by atoms with Crippen molar-refractivity contribution in [3.05, 3.63) is 113 Å². The molecule has 0 spiro atoms. The van der Waals surface area contributed by atoms with Gasteiger partial charge in [-0.25, -0.2) is 14.4 Å². The van der Waals surface area contributed by atoms with Crippen LogP contribution in [0.1, 0.15) is 109 Å². The second-order valence-electron chi connectivity index (χ2n) is 17.8. The number of aromatic nitrogens is 1. The molecule has 0 saturated heterocycles. The SMILES string of the molecule is CCP=S.Cc1ccc(C(=O)N[C@@H](CCC(=O)O)C(=O)C[C@@H](CCC(=O)O)C(=O)NCc2ccc(C(=O)NC(Cc3ccc4ccccc4c3)C(=O)NCCCC[C@H](NC(=O)N[C@@H](CCC(=O)O)C(=O)O)C(=O)O)cc2)cn1. The highest BCUT2D eigenvalue weighted by atomic mass is 32.4. The fourth-order valence-electron chi connectivity index (χ4n) is 7.54. The van der Waals surface area contributed by atoms with Crippen molar-refractivity contribution in [3.8, 4) is 0 Å². The minimum Gasteiger partial charge on any atom is -0.481 e. The summed E-state index contributed by atoms with van der Waals surface area (Å²) in [5.74, 6) is -11.1. The van der Waals surface area contributed by atoms with E-state index in [0.29, 0.717) is 11.3 Å². The summed E-state index contributed by atoms with van der Waals surface area (Å²) in [7, 11) is 1.08. The number of carbonyl (C=O) groups is 11. The van der Waals surface area contributed by atoms with Crippen molar-refractivity contribution < 1.29 is 78.3 Å². The summed E-state index contributed by atoms with van der Waals surface area (Å²) in [5.41, 5.74) is 2.12. The number of Topliss-reactive ketones (excluding diaryl/α,β-unsaturated/α-hetero) is 1. The van der Waals surface area contributed by atoms with Crippen LogP contribution in [0.15, 0.2) is 85.1 Å². The minimum atomic E-state index is -1.57. The van der Waals surface area contributed by atoms with Crippen molar-refractivity contribution in [2.24, 2.45) is 5.92 Å². The zero-order valence-corrected chi connectivity index (χ0v) is 44.6. The number of carboxylic acids is 5. The molecule has 3 aromatic carbocycles. The Morgan fingerprint density at radius 3 is 1.69 bits per heavy atom. The average molecular weight is 1120 g/mol. The number of ketones is 1. The molecule has 1 unspecified atom stereocenters. The average Bonchev–Trinajstić information content (AvgIpc) is 3.40. The van der Waals surface area contributed by atoms with Gasteiger partial charge in [0.05, 0.1) is 11.6 Å². The van der Waals surface area contributed by atoms with E-state index in [0.717, 1.165) is 29.9 Å². The van der Waals surface area contributed by atoms with Crippen molar-refractivity contribution in [2.45, 2.75) is 115 Å². The first-order valence-corrected chi connectivity index (χ1v) is 26.9. The Labute approximate surface area is 455 Å². The maximum absolute atomic E-state index is 13.7. The first-order valence-electron chi connectivity index (χ1n) is 24.8. The van der Waals surface area contributed by atoms with Crippen molar-refractivity contribution in [1.82, 2.24) is 36.9 Å². The van der Waals surface area contributed by atoms with Crippen LogP contribution in [0, 0.1) is 12.8 Å². The zero-order valence-electron chi connectivity index (χ0n) is 42.9. The number of fused-ring (bicyclic) bond motifs is 1. The number of carbonyl (C=O) groups excluding carboxylic acids is 6. The van der Waals surface area contributed by atoms with Gasteiger partial charge in [-0.2, -0.15) is 0 Å². The number of hydrogen-bond acceptors (Lipinski definition) is 13. The first-order chi connectivity index (χ1) is 37.1. The highest BCUT2D eigenvalue weighted by molar-refractivity contribution is 7.96. The summed E-state index contributed by atoms with van der Waals surface area (Å²) in [5, 5.41) is 63.3. The Hall–Kier alpha value is -8.24. The van der Waals surface area contributed by atoms with Gasteiger partial charge in [-0.15, -0.1) is 0 Å². The van der Waals surface area contributed by atoms with E-state index in [9.17, 15) is 73.2 Å². The summed E-state index contributed by atoms with van der Waals surface area (Å²) in [4.78, 5) is 141. The minimum absolute atomic E-state index is 0.0390. The van der Waals surface area contributed by atoms with E-state index in [1.807, 2.05) is 42.5 Å². The summed E-state index contributed by atoms with van der Waals surface area (Å²) in [6, 6.07) is 15.6. The van der Waals surface area contributed by atoms with E-state index in [2.05, 4.69) is 55.6 Å².